The van der Waals surface area contributed by atoms with Gasteiger partial charge < -0.3 is 18.0 Å². The molecule has 0 N–H and O–H groups in total. The van der Waals surface area contributed by atoms with Crippen LogP contribution in [0.15, 0.2) is 80.3 Å². The van der Waals surface area contributed by atoms with E-state index < -0.39 is 6.10 Å². The standard InChI is InChI=1S/C18H12O5/c19-14-11-13(15-5-2-8-21-15)18(16-6-3-9-22-16)23-17(14)10-12-4-1-7-20-12/h1-11,18H/b17-10-. The first-order valence-electron chi connectivity index (χ1n) is 7.06. The van der Waals surface area contributed by atoms with E-state index in [1.165, 1.54) is 12.3 Å². The Kier molecular flexibility index (Phi) is 3.24. The zero-order valence-electron chi connectivity index (χ0n) is 12.0. The Balaban J connectivity index is 1.78. The molecule has 0 saturated carbocycles. The second-order valence-corrected chi connectivity index (χ2v) is 4.98. The Labute approximate surface area is 131 Å². The molecule has 0 radical (unpaired) electrons. The predicted octanol–water partition coefficient (Wildman–Crippen LogP) is 4.23. The molecule has 3 aromatic heterocycles. The molecule has 0 bridgehead atoms. The van der Waals surface area contributed by atoms with Gasteiger partial charge in [-0.3, -0.25) is 4.79 Å². The molecule has 0 aliphatic carbocycles. The molecule has 1 aliphatic rings. The lowest BCUT2D eigenvalue weighted by Gasteiger charge is -2.24. The van der Waals surface area contributed by atoms with E-state index in [-0.39, 0.29) is 11.5 Å². The summed E-state index contributed by atoms with van der Waals surface area (Å²) >= 11 is 0. The summed E-state index contributed by atoms with van der Waals surface area (Å²) in [5, 5.41) is 0. The minimum Gasteiger partial charge on any atom is -0.473 e. The molecular formula is C18H12O5. The molecule has 23 heavy (non-hydrogen) atoms. The maximum atomic E-state index is 12.4. The Morgan fingerprint density at radius 1 is 0.913 bits per heavy atom. The average molecular weight is 308 g/mol. The minimum atomic E-state index is -0.560. The lowest BCUT2D eigenvalue weighted by Crippen LogP contribution is -2.17. The van der Waals surface area contributed by atoms with E-state index in [1.807, 2.05) is 0 Å². The SMILES string of the molecule is O=C1C=C(c2ccco2)C(c2ccco2)O/C1=C\c1ccco1. The van der Waals surface area contributed by atoms with Crippen molar-refractivity contribution < 1.29 is 22.8 Å². The van der Waals surface area contributed by atoms with Crippen LogP contribution in [0.4, 0.5) is 0 Å². The van der Waals surface area contributed by atoms with Crippen LogP contribution in [0.5, 0.6) is 0 Å². The van der Waals surface area contributed by atoms with Crippen molar-refractivity contribution in [2.24, 2.45) is 0 Å². The van der Waals surface area contributed by atoms with Gasteiger partial charge in [0.15, 0.2) is 11.9 Å². The van der Waals surface area contributed by atoms with E-state index in [0.29, 0.717) is 22.9 Å². The number of hydrogen-bond acceptors (Lipinski definition) is 5. The van der Waals surface area contributed by atoms with E-state index in [1.54, 1.807) is 55.0 Å². The van der Waals surface area contributed by atoms with Crippen LogP contribution in [0.3, 0.4) is 0 Å². The fraction of sp³-hybridized carbons (Fsp3) is 0.0556. The van der Waals surface area contributed by atoms with Crippen molar-refractivity contribution in [2.45, 2.75) is 6.10 Å². The molecule has 4 heterocycles. The predicted molar refractivity (Wildman–Crippen MR) is 80.9 cm³/mol. The highest BCUT2D eigenvalue weighted by molar-refractivity contribution is 6.10. The second kappa shape index (κ2) is 5.53. The van der Waals surface area contributed by atoms with Crippen molar-refractivity contribution in [1.29, 1.82) is 0 Å². The number of rotatable bonds is 3. The third kappa shape index (κ3) is 2.53. The molecule has 5 heteroatoms. The molecule has 1 aliphatic heterocycles. The van der Waals surface area contributed by atoms with Gasteiger partial charge in [0.25, 0.3) is 0 Å². The minimum absolute atomic E-state index is 0.191. The first-order chi connectivity index (χ1) is 11.3. The molecule has 0 fully saturated rings. The van der Waals surface area contributed by atoms with E-state index in [4.69, 9.17) is 18.0 Å². The topological polar surface area (TPSA) is 65.7 Å². The van der Waals surface area contributed by atoms with Gasteiger partial charge in [-0.25, -0.2) is 0 Å². The molecule has 1 unspecified atom stereocenters. The number of hydrogen-bond donors (Lipinski definition) is 0. The third-order valence-electron chi connectivity index (χ3n) is 3.48. The summed E-state index contributed by atoms with van der Waals surface area (Å²) in [6, 6.07) is 10.6. The van der Waals surface area contributed by atoms with Gasteiger partial charge in [-0.1, -0.05) is 0 Å². The van der Waals surface area contributed by atoms with Crippen molar-refractivity contribution >= 4 is 17.4 Å². The summed E-state index contributed by atoms with van der Waals surface area (Å²) in [6.07, 6.45) is 7.15. The summed E-state index contributed by atoms with van der Waals surface area (Å²) in [4.78, 5) is 12.4. The van der Waals surface area contributed by atoms with Crippen molar-refractivity contribution in [3.63, 3.8) is 0 Å². The van der Waals surface area contributed by atoms with Crippen LogP contribution in [0, 0.1) is 0 Å². The monoisotopic (exact) mass is 308 g/mol. The van der Waals surface area contributed by atoms with Gasteiger partial charge in [0, 0.05) is 17.7 Å². The maximum Gasteiger partial charge on any atom is 0.221 e. The van der Waals surface area contributed by atoms with Crippen molar-refractivity contribution in [2.75, 3.05) is 0 Å². The molecule has 3 aromatic rings. The largest absolute Gasteiger partial charge is 0.473 e. The first kappa shape index (κ1) is 13.5. The van der Waals surface area contributed by atoms with Gasteiger partial charge in [-0.05, 0) is 36.4 Å². The maximum absolute atomic E-state index is 12.4. The Morgan fingerprint density at radius 3 is 2.39 bits per heavy atom. The van der Waals surface area contributed by atoms with E-state index in [9.17, 15) is 4.79 Å². The summed E-state index contributed by atoms with van der Waals surface area (Å²) in [6.45, 7) is 0. The smallest absolute Gasteiger partial charge is 0.221 e. The zero-order chi connectivity index (χ0) is 15.6. The Hall–Kier alpha value is -3.21. The molecule has 1 atom stereocenters. The number of carbonyl (C=O) groups is 1. The van der Waals surface area contributed by atoms with Gasteiger partial charge in [0.2, 0.25) is 5.78 Å². The lowest BCUT2D eigenvalue weighted by molar-refractivity contribution is -0.115. The van der Waals surface area contributed by atoms with Crippen molar-refractivity contribution in [1.82, 2.24) is 0 Å². The highest BCUT2D eigenvalue weighted by atomic mass is 16.5. The first-order valence-corrected chi connectivity index (χ1v) is 7.06. The van der Waals surface area contributed by atoms with E-state index in [2.05, 4.69) is 0 Å². The van der Waals surface area contributed by atoms with Gasteiger partial charge >= 0.3 is 0 Å². The molecule has 114 valence electrons. The van der Waals surface area contributed by atoms with Crippen LogP contribution in [-0.2, 0) is 9.53 Å². The Bertz CT molecular complexity index is 849. The highest BCUT2D eigenvalue weighted by Crippen LogP contribution is 2.39. The van der Waals surface area contributed by atoms with Crippen LogP contribution >= 0.6 is 0 Å². The normalized spacial score (nSPS) is 19.7. The summed E-state index contributed by atoms with van der Waals surface area (Å²) < 4.78 is 22.0. The van der Waals surface area contributed by atoms with Gasteiger partial charge in [-0.2, -0.15) is 0 Å². The van der Waals surface area contributed by atoms with Crippen LogP contribution in [-0.4, -0.2) is 5.78 Å². The number of ketones is 1. The van der Waals surface area contributed by atoms with Crippen LogP contribution in [0.25, 0.3) is 11.6 Å². The van der Waals surface area contributed by atoms with Crippen LogP contribution < -0.4 is 0 Å². The van der Waals surface area contributed by atoms with Crippen molar-refractivity contribution in [3.05, 3.63) is 84.3 Å². The molecule has 0 saturated heterocycles. The van der Waals surface area contributed by atoms with Crippen LogP contribution in [0.2, 0.25) is 0 Å². The zero-order valence-corrected chi connectivity index (χ0v) is 12.0. The molecule has 0 aromatic carbocycles. The Morgan fingerprint density at radius 2 is 1.70 bits per heavy atom. The molecule has 0 amide bonds. The number of allylic oxidation sites excluding steroid dienone is 1. The fourth-order valence-corrected chi connectivity index (χ4v) is 2.44. The third-order valence-corrected chi connectivity index (χ3v) is 3.48. The van der Waals surface area contributed by atoms with E-state index in [0.717, 1.165) is 0 Å². The number of furan rings is 3. The fourth-order valence-electron chi connectivity index (χ4n) is 2.44. The van der Waals surface area contributed by atoms with Gasteiger partial charge in [0.05, 0.1) is 18.8 Å². The van der Waals surface area contributed by atoms with E-state index >= 15 is 0 Å². The summed E-state index contributed by atoms with van der Waals surface area (Å²) in [5.41, 5.74) is 0.617. The van der Waals surface area contributed by atoms with Gasteiger partial charge in [-0.15, -0.1) is 0 Å². The lowest BCUT2D eigenvalue weighted by atomic mass is 9.99. The van der Waals surface area contributed by atoms with Crippen molar-refractivity contribution in [3.8, 4) is 0 Å². The molecule has 5 nitrogen and oxygen atoms in total. The molecular weight excluding hydrogens is 296 g/mol. The summed E-state index contributed by atoms with van der Waals surface area (Å²) in [5.74, 6) is 1.64. The average Bonchev–Trinajstić information content (AvgIpc) is 3.32. The van der Waals surface area contributed by atoms with Crippen LogP contribution in [0.1, 0.15) is 23.4 Å². The number of carbonyl (C=O) groups excluding carboxylic acids is 1. The van der Waals surface area contributed by atoms with Gasteiger partial charge in [0.1, 0.15) is 17.3 Å². The molecule has 0 spiro atoms. The second-order valence-electron chi connectivity index (χ2n) is 4.98. The molecule has 4 rings (SSSR count). The number of ether oxygens (including phenoxy) is 1. The summed E-state index contributed by atoms with van der Waals surface area (Å²) in [7, 11) is 0. The highest BCUT2D eigenvalue weighted by Gasteiger charge is 2.32. The quantitative estimate of drug-likeness (QED) is 0.677.